The lowest BCUT2D eigenvalue weighted by Crippen LogP contribution is -2.60. The number of rotatable bonds is 7. The molecule has 50 heavy (non-hydrogen) atoms. The maximum atomic E-state index is 14.1. The van der Waals surface area contributed by atoms with Gasteiger partial charge in [-0.15, -0.1) is 0 Å². The molecule has 3 rings (SSSR count). The molecule has 3 aliphatic rings. The fourth-order valence-electron chi connectivity index (χ4n) is 8.31. The summed E-state index contributed by atoms with van der Waals surface area (Å²) < 4.78 is 37.9. The summed E-state index contributed by atoms with van der Waals surface area (Å²) >= 11 is 0. The van der Waals surface area contributed by atoms with Crippen LogP contribution in [0, 0.1) is 17.8 Å². The van der Waals surface area contributed by atoms with E-state index in [0.29, 0.717) is 25.8 Å². The molecule has 16 atom stereocenters. The summed E-state index contributed by atoms with van der Waals surface area (Å²) in [6.07, 6.45) is -2.91. The van der Waals surface area contributed by atoms with Crippen LogP contribution in [-0.2, 0) is 33.2 Å². The highest BCUT2D eigenvalue weighted by Gasteiger charge is 2.51. The Hall–Kier alpha value is -1.19. The Labute approximate surface area is 301 Å². The summed E-state index contributed by atoms with van der Waals surface area (Å²) in [5.74, 6) is -1.86. The average molecular weight is 715 g/mol. The third kappa shape index (κ3) is 10.3. The zero-order valence-electron chi connectivity index (χ0n) is 33.3. The molecule has 0 aromatic heterocycles. The number of methoxy groups -OCH3 is 1. The second-order valence-electron chi connectivity index (χ2n) is 16.4. The van der Waals surface area contributed by atoms with E-state index >= 15 is 0 Å². The Balaban J connectivity index is 2.14. The third-order valence-electron chi connectivity index (χ3n) is 11.5. The van der Waals surface area contributed by atoms with E-state index in [0.717, 1.165) is 5.57 Å². The van der Waals surface area contributed by atoms with Crippen LogP contribution in [0.15, 0.2) is 11.6 Å². The number of hydrogen-bond donors (Lipinski definition) is 3. The molecule has 0 spiro atoms. The Bertz CT molecular complexity index is 1120. The van der Waals surface area contributed by atoms with Gasteiger partial charge >= 0.3 is 5.97 Å². The molecule has 3 N–H and O–H groups in total. The van der Waals surface area contributed by atoms with Crippen LogP contribution in [-0.4, -0.2) is 144 Å². The van der Waals surface area contributed by atoms with Crippen molar-refractivity contribution in [1.82, 2.24) is 9.80 Å². The van der Waals surface area contributed by atoms with Crippen LogP contribution in [0.5, 0.6) is 0 Å². The minimum absolute atomic E-state index is 0.0447. The normalized spacial score (nSPS) is 47.6. The van der Waals surface area contributed by atoms with Crippen molar-refractivity contribution in [3.05, 3.63) is 11.6 Å². The van der Waals surface area contributed by atoms with Crippen LogP contribution < -0.4 is 0 Å². The van der Waals surface area contributed by atoms with Crippen molar-refractivity contribution in [3.63, 3.8) is 0 Å². The van der Waals surface area contributed by atoms with Crippen molar-refractivity contribution in [2.75, 3.05) is 34.8 Å². The Morgan fingerprint density at radius 1 is 1.04 bits per heavy atom. The summed E-state index contributed by atoms with van der Waals surface area (Å²) in [5, 5.41) is 34.9. The van der Waals surface area contributed by atoms with Gasteiger partial charge in [-0.3, -0.25) is 9.69 Å². The highest BCUT2D eigenvalue weighted by molar-refractivity contribution is 5.73. The molecule has 292 valence electrons. The average Bonchev–Trinajstić information content (AvgIpc) is 3.03. The van der Waals surface area contributed by atoms with E-state index in [-0.39, 0.29) is 30.5 Å². The number of aliphatic hydroxyl groups is 3. The van der Waals surface area contributed by atoms with Gasteiger partial charge in [0.25, 0.3) is 0 Å². The van der Waals surface area contributed by atoms with E-state index in [1.54, 1.807) is 27.9 Å². The van der Waals surface area contributed by atoms with Crippen LogP contribution in [0.4, 0.5) is 0 Å². The predicted molar refractivity (Wildman–Crippen MR) is 191 cm³/mol. The first-order chi connectivity index (χ1) is 23.1. The monoisotopic (exact) mass is 715 g/mol. The predicted octanol–water partition coefficient (Wildman–Crippen LogP) is 3.74. The van der Waals surface area contributed by atoms with E-state index in [2.05, 4.69) is 31.9 Å². The fourth-order valence-corrected chi connectivity index (χ4v) is 8.31. The summed E-state index contributed by atoms with van der Waals surface area (Å²) in [7, 11) is 7.43. The van der Waals surface area contributed by atoms with E-state index in [4.69, 9.17) is 28.4 Å². The van der Waals surface area contributed by atoms with Gasteiger partial charge in [0.1, 0.15) is 18.3 Å². The summed E-state index contributed by atoms with van der Waals surface area (Å²) in [6.45, 7) is 19.8. The maximum Gasteiger partial charge on any atom is 0.311 e. The SMILES string of the molecule is CC[C@H]1OC(=O)[C@H](C)[C@@H](O[C@H]2C[C@@](C)(OC)[C@@H](O)[C@H](C)O2)[C@H](C)[C@@H](O[C@@H]2O[C@H](C)C[C@H](N(C)C)[C@H]2O)[C@](C)(O)C[C@@H](C)CN(C)[C@H](C)/C=C/1C. The Kier molecular flexibility index (Phi) is 15.3. The second-order valence-corrected chi connectivity index (χ2v) is 16.4. The lowest BCUT2D eigenvalue weighted by atomic mass is 9.77. The van der Waals surface area contributed by atoms with Crippen molar-refractivity contribution in [1.29, 1.82) is 0 Å². The lowest BCUT2D eigenvalue weighted by molar-refractivity contribution is -0.317. The number of nitrogens with zero attached hydrogens (tertiary/aromatic N) is 2. The molecule has 0 radical (unpaired) electrons. The van der Waals surface area contributed by atoms with Gasteiger partial charge in [-0.05, 0) is 100 Å². The topological polar surface area (TPSA) is 140 Å². The molecular weight excluding hydrogens is 644 g/mol. The molecular formula is C38H70N2O10. The van der Waals surface area contributed by atoms with Gasteiger partial charge < -0.3 is 48.6 Å². The Morgan fingerprint density at radius 3 is 2.26 bits per heavy atom. The van der Waals surface area contributed by atoms with Crippen molar-refractivity contribution >= 4 is 5.97 Å². The van der Waals surface area contributed by atoms with Crippen LogP contribution >= 0.6 is 0 Å². The molecule has 0 amide bonds. The van der Waals surface area contributed by atoms with Gasteiger partial charge in [0.2, 0.25) is 0 Å². The van der Waals surface area contributed by atoms with Gasteiger partial charge in [0.15, 0.2) is 12.6 Å². The lowest BCUT2D eigenvalue weighted by Gasteiger charge is -2.48. The first-order valence-corrected chi connectivity index (χ1v) is 18.7. The molecule has 2 saturated heterocycles. The molecule has 3 aliphatic heterocycles. The van der Waals surface area contributed by atoms with Crippen molar-refractivity contribution in [3.8, 4) is 0 Å². The zero-order chi connectivity index (χ0) is 37.9. The first kappa shape index (κ1) is 43.2. The van der Waals surface area contributed by atoms with Crippen molar-refractivity contribution < 1.29 is 48.5 Å². The number of carbonyl (C=O) groups is 1. The molecule has 0 bridgehead atoms. The molecule has 0 aliphatic carbocycles. The molecule has 0 saturated carbocycles. The zero-order valence-corrected chi connectivity index (χ0v) is 33.3. The molecule has 0 unspecified atom stereocenters. The number of ether oxygens (including phenoxy) is 6. The molecule has 2 fully saturated rings. The fraction of sp³-hybridized carbons (Fsp3) is 0.921. The van der Waals surface area contributed by atoms with Crippen LogP contribution in [0.1, 0.15) is 94.9 Å². The molecule has 0 aromatic carbocycles. The quantitative estimate of drug-likeness (QED) is 0.262. The second kappa shape index (κ2) is 17.8. The van der Waals surface area contributed by atoms with E-state index in [1.165, 1.54) is 0 Å². The maximum absolute atomic E-state index is 14.1. The Morgan fingerprint density at radius 2 is 1.68 bits per heavy atom. The molecule has 3 heterocycles. The van der Waals surface area contributed by atoms with Gasteiger partial charge in [0.05, 0.1) is 41.5 Å². The van der Waals surface area contributed by atoms with Crippen molar-refractivity contribution in [2.24, 2.45) is 17.8 Å². The number of esters is 1. The minimum Gasteiger partial charge on any atom is -0.458 e. The van der Waals surface area contributed by atoms with Gasteiger partial charge in [0, 0.05) is 38.1 Å². The van der Waals surface area contributed by atoms with Gasteiger partial charge in [-0.2, -0.15) is 0 Å². The van der Waals surface area contributed by atoms with Crippen LogP contribution in [0.25, 0.3) is 0 Å². The number of aliphatic hydroxyl groups excluding tert-OH is 2. The summed E-state index contributed by atoms with van der Waals surface area (Å²) in [6, 6.07) is -0.163. The van der Waals surface area contributed by atoms with E-state index < -0.39 is 78.2 Å². The van der Waals surface area contributed by atoms with Gasteiger partial charge in [-0.1, -0.05) is 26.8 Å². The smallest absolute Gasteiger partial charge is 0.311 e. The first-order valence-electron chi connectivity index (χ1n) is 18.7. The minimum atomic E-state index is -1.44. The summed E-state index contributed by atoms with van der Waals surface area (Å²) in [4.78, 5) is 18.3. The molecule has 0 aromatic rings. The molecule has 12 nitrogen and oxygen atoms in total. The van der Waals surface area contributed by atoms with Crippen molar-refractivity contribution in [2.45, 2.75) is 174 Å². The third-order valence-corrected chi connectivity index (χ3v) is 11.5. The molecule has 12 heteroatoms. The standard InChI is InChI=1S/C38H70N2O10/c1-15-29-22(3)16-23(4)40(13)20-21(2)18-37(9,44)34(50-36-31(41)28(39(11)12)17-24(5)46-36)25(6)32(26(7)35(43)48-29)49-30-19-38(10,45-14)33(42)27(8)47-30/h16,21,23-34,36,41-42,44H,15,17-20H2,1-14H3/b22-16+/t21-,23-,24-,25+,26-,27+,28+,29-,30+,31-,32+,33+,34-,36+,37-,38-/m1/s1. The number of carbonyl (C=O) groups excluding carboxylic acids is 1. The number of cyclic esters (lactones) is 1. The summed E-state index contributed by atoms with van der Waals surface area (Å²) in [5.41, 5.74) is -1.43. The highest BCUT2D eigenvalue weighted by Crippen LogP contribution is 2.39. The van der Waals surface area contributed by atoms with E-state index in [1.807, 2.05) is 53.6 Å². The van der Waals surface area contributed by atoms with Crippen LogP contribution in [0.2, 0.25) is 0 Å². The number of likely N-dealkylation sites (N-methyl/N-ethyl adjacent to an activating group) is 2. The highest BCUT2D eigenvalue weighted by atomic mass is 16.7. The van der Waals surface area contributed by atoms with E-state index in [9.17, 15) is 20.1 Å². The number of hydrogen-bond acceptors (Lipinski definition) is 12. The van der Waals surface area contributed by atoms with Gasteiger partial charge in [-0.25, -0.2) is 0 Å². The van der Waals surface area contributed by atoms with Crippen LogP contribution in [0.3, 0.4) is 0 Å². The largest absolute Gasteiger partial charge is 0.458 e.